The van der Waals surface area contributed by atoms with E-state index >= 15 is 0 Å². The first-order chi connectivity index (χ1) is 11.2. The van der Waals surface area contributed by atoms with Gasteiger partial charge in [-0.3, -0.25) is 4.79 Å². The van der Waals surface area contributed by atoms with Crippen LogP contribution in [0.1, 0.15) is 29.1 Å². The molecule has 0 bridgehead atoms. The Balaban J connectivity index is 1.41. The van der Waals surface area contributed by atoms with Crippen LogP contribution in [-0.2, 0) is 24.2 Å². The van der Waals surface area contributed by atoms with E-state index in [4.69, 9.17) is 0 Å². The Morgan fingerprint density at radius 2 is 2.30 bits per heavy atom. The number of nitrogens with one attached hydrogen (secondary N) is 3. The molecule has 3 N–H and O–H groups in total. The molecule has 1 aliphatic rings. The van der Waals surface area contributed by atoms with Crippen LogP contribution in [0.5, 0.6) is 0 Å². The van der Waals surface area contributed by atoms with Crippen LogP contribution in [0.2, 0.25) is 0 Å². The van der Waals surface area contributed by atoms with Gasteiger partial charge in [0.2, 0.25) is 5.91 Å². The quantitative estimate of drug-likeness (QED) is 0.696. The third kappa shape index (κ3) is 2.74. The number of hydrogen-bond donors (Lipinski definition) is 3. The van der Waals surface area contributed by atoms with Gasteiger partial charge in [-0.25, -0.2) is 4.98 Å². The number of H-pyrrole nitrogens is 2. The van der Waals surface area contributed by atoms with Crippen molar-refractivity contribution in [1.29, 1.82) is 0 Å². The Morgan fingerprint density at radius 3 is 3.22 bits per heavy atom. The first-order valence-electron chi connectivity index (χ1n) is 8.06. The molecule has 0 spiro atoms. The maximum Gasteiger partial charge on any atom is 0.223 e. The second-order valence-corrected chi connectivity index (χ2v) is 6.36. The number of aryl methyl sites for hydroxylation is 2. The summed E-state index contributed by atoms with van der Waals surface area (Å²) in [5.41, 5.74) is 5.64. The first-order valence-corrected chi connectivity index (χ1v) is 8.06. The first kappa shape index (κ1) is 14.1. The molecule has 1 amide bonds. The average molecular weight is 308 g/mol. The molecule has 0 saturated heterocycles. The molecule has 1 aliphatic carbocycles. The van der Waals surface area contributed by atoms with Gasteiger partial charge in [0.15, 0.2) is 0 Å². The van der Waals surface area contributed by atoms with E-state index in [0.717, 1.165) is 47.4 Å². The van der Waals surface area contributed by atoms with Crippen molar-refractivity contribution >= 4 is 16.8 Å². The van der Waals surface area contributed by atoms with E-state index in [0.29, 0.717) is 6.54 Å². The molecule has 118 valence electrons. The Bertz CT molecular complexity index is 861. The summed E-state index contributed by atoms with van der Waals surface area (Å²) in [6.07, 6.45) is 4.24. The summed E-state index contributed by atoms with van der Waals surface area (Å²) >= 11 is 0. The molecule has 0 radical (unpaired) electrons. The summed E-state index contributed by atoms with van der Waals surface area (Å²) in [7, 11) is 0. The number of carbonyl (C=O) groups excluding carboxylic acids is 1. The molecule has 0 fully saturated rings. The summed E-state index contributed by atoms with van der Waals surface area (Å²) < 4.78 is 0. The predicted octanol–water partition coefficient (Wildman–Crippen LogP) is 2.62. The molecule has 2 heterocycles. The molecule has 0 saturated carbocycles. The van der Waals surface area contributed by atoms with Gasteiger partial charge in [-0.15, -0.1) is 0 Å². The van der Waals surface area contributed by atoms with Gasteiger partial charge in [0, 0.05) is 35.8 Å². The lowest BCUT2D eigenvalue weighted by Crippen LogP contribution is -2.33. The molecular weight excluding hydrogens is 288 g/mol. The number of carbonyl (C=O) groups is 1. The van der Waals surface area contributed by atoms with Gasteiger partial charge in [-0.05, 0) is 48.9 Å². The van der Waals surface area contributed by atoms with Crippen LogP contribution >= 0.6 is 0 Å². The molecule has 5 heteroatoms. The minimum Gasteiger partial charge on any atom is -0.359 e. The predicted molar refractivity (Wildman–Crippen MR) is 89.0 cm³/mol. The standard InChI is InChI=1S/C18H20N4O/c1-11-6-14-7-12(2-4-15(14)22-11)9-19-18(23)13-3-5-16-17(8-13)21-10-20-16/h2,4,6-7,10,13,22H,3,5,8-9H2,1H3,(H,19,23)(H,20,21)/t13-/m0/s1. The molecule has 1 aromatic carbocycles. The summed E-state index contributed by atoms with van der Waals surface area (Å²) in [6.45, 7) is 2.62. The molecular formula is C18H20N4O. The summed E-state index contributed by atoms with van der Waals surface area (Å²) in [5, 5.41) is 4.27. The Labute approximate surface area is 134 Å². The number of benzene rings is 1. The number of fused-ring (bicyclic) bond motifs is 2. The van der Waals surface area contributed by atoms with E-state index in [1.807, 2.05) is 6.92 Å². The van der Waals surface area contributed by atoms with Gasteiger partial charge in [0.05, 0.1) is 12.0 Å². The highest BCUT2D eigenvalue weighted by Crippen LogP contribution is 2.23. The van der Waals surface area contributed by atoms with Crippen molar-refractivity contribution in [1.82, 2.24) is 20.3 Å². The smallest absolute Gasteiger partial charge is 0.223 e. The molecule has 0 unspecified atom stereocenters. The normalized spacial score (nSPS) is 17.2. The second-order valence-electron chi connectivity index (χ2n) is 6.36. The fourth-order valence-corrected chi connectivity index (χ4v) is 3.40. The third-order valence-corrected chi connectivity index (χ3v) is 4.64. The van der Waals surface area contributed by atoms with Crippen LogP contribution in [0.25, 0.3) is 10.9 Å². The Hall–Kier alpha value is -2.56. The van der Waals surface area contributed by atoms with E-state index in [2.05, 4.69) is 44.5 Å². The molecule has 2 aromatic heterocycles. The minimum atomic E-state index is 0.0428. The summed E-state index contributed by atoms with van der Waals surface area (Å²) in [6, 6.07) is 8.39. The number of rotatable bonds is 3. The highest BCUT2D eigenvalue weighted by Gasteiger charge is 2.25. The topological polar surface area (TPSA) is 73.6 Å². The number of amides is 1. The summed E-state index contributed by atoms with van der Waals surface area (Å²) in [5.74, 6) is 0.178. The maximum absolute atomic E-state index is 12.4. The van der Waals surface area contributed by atoms with Gasteiger partial charge in [0.25, 0.3) is 0 Å². The third-order valence-electron chi connectivity index (χ3n) is 4.64. The van der Waals surface area contributed by atoms with Crippen LogP contribution in [0.3, 0.4) is 0 Å². The maximum atomic E-state index is 12.4. The number of hydrogen-bond acceptors (Lipinski definition) is 2. The van der Waals surface area contributed by atoms with Gasteiger partial charge in [0.1, 0.15) is 0 Å². The van der Waals surface area contributed by atoms with Gasteiger partial charge >= 0.3 is 0 Å². The lowest BCUT2D eigenvalue weighted by atomic mass is 9.89. The monoisotopic (exact) mass is 308 g/mol. The van der Waals surface area contributed by atoms with E-state index in [-0.39, 0.29) is 11.8 Å². The van der Waals surface area contributed by atoms with Crippen LogP contribution in [0.15, 0.2) is 30.6 Å². The van der Waals surface area contributed by atoms with Crippen LogP contribution in [0.4, 0.5) is 0 Å². The molecule has 3 aromatic rings. The molecule has 4 rings (SSSR count). The number of aromatic nitrogens is 3. The second kappa shape index (κ2) is 5.57. The van der Waals surface area contributed by atoms with Crippen LogP contribution in [0, 0.1) is 12.8 Å². The van der Waals surface area contributed by atoms with Crippen molar-refractivity contribution < 1.29 is 4.79 Å². The van der Waals surface area contributed by atoms with Crippen molar-refractivity contribution in [2.75, 3.05) is 0 Å². The Morgan fingerprint density at radius 1 is 1.39 bits per heavy atom. The molecule has 23 heavy (non-hydrogen) atoms. The zero-order valence-corrected chi connectivity index (χ0v) is 13.1. The van der Waals surface area contributed by atoms with Crippen molar-refractivity contribution in [3.05, 3.63) is 53.2 Å². The van der Waals surface area contributed by atoms with Crippen LogP contribution < -0.4 is 5.32 Å². The largest absolute Gasteiger partial charge is 0.359 e. The summed E-state index contributed by atoms with van der Waals surface area (Å²) in [4.78, 5) is 23.2. The van der Waals surface area contributed by atoms with E-state index < -0.39 is 0 Å². The van der Waals surface area contributed by atoms with Crippen LogP contribution in [-0.4, -0.2) is 20.9 Å². The van der Waals surface area contributed by atoms with Crippen molar-refractivity contribution in [3.8, 4) is 0 Å². The number of nitrogens with zero attached hydrogens (tertiary/aromatic N) is 1. The zero-order chi connectivity index (χ0) is 15.8. The lowest BCUT2D eigenvalue weighted by molar-refractivity contribution is -0.125. The van der Waals surface area contributed by atoms with Crippen molar-refractivity contribution in [3.63, 3.8) is 0 Å². The zero-order valence-electron chi connectivity index (χ0n) is 13.1. The molecule has 5 nitrogen and oxygen atoms in total. The highest BCUT2D eigenvalue weighted by molar-refractivity contribution is 5.82. The average Bonchev–Trinajstić information content (AvgIpc) is 3.16. The van der Waals surface area contributed by atoms with Gasteiger partial charge < -0.3 is 15.3 Å². The van der Waals surface area contributed by atoms with E-state index in [1.54, 1.807) is 6.33 Å². The number of aromatic amines is 2. The van der Waals surface area contributed by atoms with Crippen molar-refractivity contribution in [2.24, 2.45) is 5.92 Å². The Kier molecular flexibility index (Phi) is 3.41. The SMILES string of the molecule is Cc1cc2cc(CNC(=O)[C@H]3CCc4nc[nH]c4C3)ccc2[nH]1. The number of imidazole rings is 1. The molecule has 0 aliphatic heterocycles. The van der Waals surface area contributed by atoms with Crippen molar-refractivity contribution in [2.45, 2.75) is 32.7 Å². The van der Waals surface area contributed by atoms with Gasteiger partial charge in [-0.1, -0.05) is 6.07 Å². The fraction of sp³-hybridized carbons (Fsp3) is 0.333. The van der Waals surface area contributed by atoms with E-state index in [9.17, 15) is 4.79 Å². The fourth-order valence-electron chi connectivity index (χ4n) is 3.40. The molecule has 1 atom stereocenters. The minimum absolute atomic E-state index is 0.0428. The highest BCUT2D eigenvalue weighted by atomic mass is 16.1. The van der Waals surface area contributed by atoms with E-state index in [1.165, 1.54) is 5.39 Å². The lowest BCUT2D eigenvalue weighted by Gasteiger charge is -2.20. The van der Waals surface area contributed by atoms with Gasteiger partial charge in [-0.2, -0.15) is 0 Å².